The summed E-state index contributed by atoms with van der Waals surface area (Å²) in [5, 5.41) is 12.7. The second-order valence-corrected chi connectivity index (χ2v) is 18.8. The Morgan fingerprint density at radius 3 is 2.11 bits per heavy atom. The van der Waals surface area contributed by atoms with Crippen LogP contribution in [0.15, 0.2) is 112 Å². The Labute approximate surface area is 407 Å². The van der Waals surface area contributed by atoms with E-state index in [-0.39, 0.29) is 45.4 Å². The van der Waals surface area contributed by atoms with Gasteiger partial charge < -0.3 is 24.1 Å². The van der Waals surface area contributed by atoms with E-state index in [1.165, 1.54) is 25.2 Å². The summed E-state index contributed by atoms with van der Waals surface area (Å²) in [4.78, 5) is 61.8. The number of carbonyl (C=O) groups is 4. The molecule has 338 valence electrons. The maximum absolute atomic E-state index is 15.7. The second-order valence-electron chi connectivity index (χ2n) is 16.4. The van der Waals surface area contributed by atoms with Crippen molar-refractivity contribution in [3.63, 3.8) is 0 Å². The molecule has 66 heavy (non-hydrogen) atoms. The van der Waals surface area contributed by atoms with E-state index in [1.54, 1.807) is 68.8 Å². The normalized spacial score (nSPS) is 23.4. The van der Waals surface area contributed by atoms with Crippen molar-refractivity contribution >= 4 is 102 Å². The number of methoxy groups -OCH3 is 4. The number of nitrogens with zero attached hydrogens (tertiary/aromatic N) is 2. The number of carbonyl (C=O) groups excluding carboxylic acids is 4. The van der Waals surface area contributed by atoms with Gasteiger partial charge in [-0.3, -0.25) is 29.5 Å². The van der Waals surface area contributed by atoms with Gasteiger partial charge in [-0.1, -0.05) is 71.3 Å². The van der Waals surface area contributed by atoms with Gasteiger partial charge in [0.15, 0.2) is 11.5 Å². The Bertz CT molecular complexity index is 2890. The van der Waals surface area contributed by atoms with Gasteiger partial charge in [-0.2, -0.15) is 5.01 Å². The minimum atomic E-state index is -1.65. The zero-order chi connectivity index (χ0) is 46.8. The van der Waals surface area contributed by atoms with Crippen LogP contribution in [0.3, 0.4) is 0 Å². The van der Waals surface area contributed by atoms with E-state index in [2.05, 4.69) is 37.3 Å². The molecule has 0 unspecified atom stereocenters. The van der Waals surface area contributed by atoms with Crippen LogP contribution in [0.5, 0.6) is 28.7 Å². The molecule has 12 nitrogen and oxygen atoms in total. The molecule has 0 spiro atoms. The number of benzene rings is 5. The standard InChI is InChI=1S/C50H41Br2Cl2N3O9/c1-63-30-14-9-27(10-15-30)50-36(47(60)57(49(50)62)55-38-19-11-28(53)22-37(38)54)23-34-32(42(50)35-24-40(66-4)45(58)44(52)43(35)51)17-18-33-41(34)48(61)56(46(33)59)29-12-6-25(7-13-29)5-8-26-21-31(64-2)16-20-39(26)65-3/h5-17,19-22,24,33-34,36,41-42,55,58H,18,23H2,1-4H3/t33-,34+,36-,41-,42+,50+/m0/s1. The van der Waals surface area contributed by atoms with Crippen molar-refractivity contribution in [1.29, 1.82) is 0 Å². The Balaban J connectivity index is 1.16. The number of imide groups is 2. The lowest BCUT2D eigenvalue weighted by Gasteiger charge is -2.51. The molecular weight excluding hydrogens is 1020 g/mol. The zero-order valence-electron chi connectivity index (χ0n) is 35.8. The fourth-order valence-corrected chi connectivity index (χ4v) is 11.7. The first-order chi connectivity index (χ1) is 31.8. The predicted octanol–water partition coefficient (Wildman–Crippen LogP) is 10.6. The monoisotopic (exact) mass is 1060 g/mol. The number of fused-ring (bicyclic) bond motifs is 4. The van der Waals surface area contributed by atoms with Crippen molar-refractivity contribution in [2.24, 2.45) is 23.7 Å². The minimum absolute atomic E-state index is 0.0466. The molecule has 5 aromatic rings. The van der Waals surface area contributed by atoms with Crippen molar-refractivity contribution in [1.82, 2.24) is 5.01 Å². The average molecular weight is 1060 g/mol. The fraction of sp³-hybridized carbons (Fsp3) is 0.240. The summed E-state index contributed by atoms with van der Waals surface area (Å²) in [6.07, 6.45) is 5.99. The molecule has 6 atom stereocenters. The molecule has 16 heteroatoms. The summed E-state index contributed by atoms with van der Waals surface area (Å²) >= 11 is 20.1. The number of amides is 4. The van der Waals surface area contributed by atoms with Crippen LogP contribution in [-0.2, 0) is 24.6 Å². The topological polar surface area (TPSA) is 144 Å². The summed E-state index contributed by atoms with van der Waals surface area (Å²) < 4.78 is 22.8. The number of rotatable bonds is 11. The molecule has 4 amide bonds. The number of anilines is 2. The summed E-state index contributed by atoms with van der Waals surface area (Å²) in [7, 11) is 6.14. The largest absolute Gasteiger partial charge is 0.503 e. The first kappa shape index (κ1) is 45.4. The van der Waals surface area contributed by atoms with Gasteiger partial charge in [-0.25, -0.2) is 0 Å². The van der Waals surface area contributed by atoms with E-state index < -0.39 is 52.7 Å². The highest BCUT2D eigenvalue weighted by atomic mass is 79.9. The number of ether oxygens (including phenoxy) is 4. The van der Waals surface area contributed by atoms with E-state index >= 15 is 14.4 Å². The highest BCUT2D eigenvalue weighted by Crippen LogP contribution is 2.66. The van der Waals surface area contributed by atoms with E-state index in [4.69, 9.17) is 42.1 Å². The molecule has 4 aliphatic rings. The molecule has 0 bridgehead atoms. The maximum Gasteiger partial charge on any atom is 0.260 e. The van der Waals surface area contributed by atoms with Crippen LogP contribution in [0.4, 0.5) is 11.4 Å². The summed E-state index contributed by atoms with van der Waals surface area (Å²) in [6.45, 7) is 0. The predicted molar refractivity (Wildman–Crippen MR) is 258 cm³/mol. The third-order valence-electron chi connectivity index (χ3n) is 13.3. The van der Waals surface area contributed by atoms with Crippen LogP contribution in [0.25, 0.3) is 12.2 Å². The van der Waals surface area contributed by atoms with E-state index in [0.29, 0.717) is 49.1 Å². The van der Waals surface area contributed by atoms with E-state index in [1.807, 2.05) is 48.6 Å². The van der Waals surface area contributed by atoms with Crippen molar-refractivity contribution in [2.45, 2.75) is 24.2 Å². The lowest BCUT2D eigenvalue weighted by Crippen LogP contribution is -2.53. The van der Waals surface area contributed by atoms with E-state index in [9.17, 15) is 9.90 Å². The quantitative estimate of drug-likeness (QED) is 0.0745. The van der Waals surface area contributed by atoms with Gasteiger partial charge in [0, 0.05) is 21.0 Å². The maximum atomic E-state index is 15.7. The zero-order valence-corrected chi connectivity index (χ0v) is 40.5. The van der Waals surface area contributed by atoms with Gasteiger partial charge >= 0.3 is 0 Å². The van der Waals surface area contributed by atoms with Crippen molar-refractivity contribution in [3.05, 3.63) is 144 Å². The van der Waals surface area contributed by atoms with Gasteiger partial charge in [-0.15, -0.1) is 0 Å². The van der Waals surface area contributed by atoms with Crippen molar-refractivity contribution < 1.29 is 43.2 Å². The van der Waals surface area contributed by atoms with Crippen LogP contribution in [0, 0.1) is 23.7 Å². The van der Waals surface area contributed by atoms with Crippen LogP contribution >= 0.6 is 55.1 Å². The fourth-order valence-electron chi connectivity index (χ4n) is 10.3. The molecule has 1 saturated carbocycles. The van der Waals surface area contributed by atoms with Gasteiger partial charge in [0.05, 0.1) is 72.5 Å². The summed E-state index contributed by atoms with van der Waals surface area (Å²) in [6, 6.07) is 26.0. The summed E-state index contributed by atoms with van der Waals surface area (Å²) in [5.41, 5.74) is 5.37. The Morgan fingerprint density at radius 2 is 1.44 bits per heavy atom. The van der Waals surface area contributed by atoms with Crippen LogP contribution in [0.2, 0.25) is 10.0 Å². The molecule has 2 saturated heterocycles. The lowest BCUT2D eigenvalue weighted by molar-refractivity contribution is -0.138. The molecule has 5 aromatic carbocycles. The highest BCUT2D eigenvalue weighted by molar-refractivity contribution is 9.13. The number of phenols is 1. The first-order valence-electron chi connectivity index (χ1n) is 20.8. The molecule has 3 fully saturated rings. The molecule has 0 radical (unpaired) electrons. The number of halogens is 4. The van der Waals surface area contributed by atoms with Crippen molar-refractivity contribution in [2.75, 3.05) is 38.8 Å². The van der Waals surface area contributed by atoms with Gasteiger partial charge in [0.2, 0.25) is 11.8 Å². The Morgan fingerprint density at radius 1 is 0.742 bits per heavy atom. The number of hydrazine groups is 1. The third-order valence-corrected chi connectivity index (χ3v) is 16.0. The second kappa shape index (κ2) is 17.8. The SMILES string of the molecule is COc1ccc([C@@]23C(=O)N(Nc4ccc(Cl)cc4Cl)C(=O)[C@@H]2C[C@@H]2C(=CC[C@@H]4C(=O)N(c5ccc(C=Cc6cc(OC)ccc6OC)cc5)C(=O)[C@@H]42)[C@@H]3c2cc(OC)c(O)c(Br)c2Br)cc1. The number of allylic oxidation sites excluding steroid dienone is 2. The number of aromatic hydroxyl groups is 1. The van der Waals surface area contributed by atoms with Gasteiger partial charge in [-0.05, 0) is 134 Å². The summed E-state index contributed by atoms with van der Waals surface area (Å²) in [5.74, 6) is -4.40. The van der Waals surface area contributed by atoms with Gasteiger partial charge in [0.25, 0.3) is 11.8 Å². The average Bonchev–Trinajstić information content (AvgIpc) is 3.71. The van der Waals surface area contributed by atoms with E-state index in [0.717, 1.165) is 16.1 Å². The van der Waals surface area contributed by atoms with Crippen molar-refractivity contribution in [3.8, 4) is 28.7 Å². The first-order valence-corrected chi connectivity index (χ1v) is 23.2. The molecule has 2 aliphatic carbocycles. The molecule has 2 heterocycles. The molecular formula is C50H41Br2Cl2N3O9. The number of hydrogen-bond donors (Lipinski definition) is 2. The molecule has 0 aromatic heterocycles. The minimum Gasteiger partial charge on any atom is -0.503 e. The molecule has 2 N–H and O–H groups in total. The lowest BCUT2D eigenvalue weighted by atomic mass is 9.49. The number of hydrogen-bond acceptors (Lipinski definition) is 10. The molecule has 2 aliphatic heterocycles. The number of nitrogens with one attached hydrogen (secondary N) is 1. The van der Waals surface area contributed by atoms with Gasteiger partial charge in [0.1, 0.15) is 17.2 Å². The third kappa shape index (κ3) is 7.24. The van der Waals surface area contributed by atoms with Crippen LogP contribution in [0.1, 0.15) is 41.0 Å². The Kier molecular flexibility index (Phi) is 12.2. The Hall–Kier alpha value is -5.80. The smallest absolute Gasteiger partial charge is 0.260 e. The highest BCUT2D eigenvalue weighted by Gasteiger charge is 2.70. The molecule has 9 rings (SSSR count). The van der Waals surface area contributed by atoms with Crippen LogP contribution < -0.4 is 29.3 Å². The number of phenolic OH excluding ortho intramolecular Hbond substituents is 1. The van der Waals surface area contributed by atoms with Crippen LogP contribution in [-0.4, -0.2) is 62.2 Å².